The van der Waals surface area contributed by atoms with E-state index >= 15 is 0 Å². The minimum Gasteiger partial charge on any atom is -0.368 e. The molecule has 142 valence electrons. The first-order valence-corrected chi connectivity index (χ1v) is 8.74. The third-order valence-electron chi connectivity index (χ3n) is 3.95. The third-order valence-corrected chi connectivity index (χ3v) is 3.95. The SMILES string of the molecule is CCCCc1ccc(C(=O)N[C@@H](CNC(=O)c2cnccn2)C(N)=O)cc1. The third kappa shape index (κ3) is 6.18. The highest BCUT2D eigenvalue weighted by molar-refractivity contribution is 5.98. The van der Waals surface area contributed by atoms with Crippen LogP contribution in [0.1, 0.15) is 46.2 Å². The maximum absolute atomic E-state index is 12.3. The molecule has 0 unspecified atom stereocenters. The topological polar surface area (TPSA) is 127 Å². The van der Waals surface area contributed by atoms with Crippen LogP contribution in [0.3, 0.4) is 0 Å². The largest absolute Gasteiger partial charge is 0.368 e. The van der Waals surface area contributed by atoms with E-state index in [0.717, 1.165) is 24.8 Å². The first-order chi connectivity index (χ1) is 13.0. The summed E-state index contributed by atoms with van der Waals surface area (Å²) < 4.78 is 0. The Morgan fingerprint density at radius 3 is 2.44 bits per heavy atom. The molecule has 0 bridgehead atoms. The Kier molecular flexibility index (Phi) is 7.42. The number of nitrogens with two attached hydrogens (primary N) is 1. The Morgan fingerprint density at radius 2 is 1.85 bits per heavy atom. The molecule has 8 nitrogen and oxygen atoms in total. The number of hydrogen-bond acceptors (Lipinski definition) is 5. The molecule has 4 N–H and O–H groups in total. The molecule has 8 heteroatoms. The number of nitrogens with one attached hydrogen (secondary N) is 2. The lowest BCUT2D eigenvalue weighted by Crippen LogP contribution is -2.51. The molecule has 0 aliphatic rings. The highest BCUT2D eigenvalue weighted by Gasteiger charge is 2.20. The molecular weight excluding hydrogens is 346 g/mol. The lowest BCUT2D eigenvalue weighted by Gasteiger charge is -2.16. The average Bonchev–Trinajstić information content (AvgIpc) is 2.69. The Balaban J connectivity index is 1.93. The lowest BCUT2D eigenvalue weighted by atomic mass is 10.1. The number of unbranched alkanes of at least 4 members (excludes halogenated alkanes) is 1. The number of aromatic nitrogens is 2. The molecule has 0 aliphatic heterocycles. The number of amides is 3. The van der Waals surface area contributed by atoms with Gasteiger partial charge in [-0.25, -0.2) is 4.98 Å². The maximum atomic E-state index is 12.3. The molecule has 0 saturated heterocycles. The van der Waals surface area contributed by atoms with Gasteiger partial charge in [-0.15, -0.1) is 0 Å². The Bertz CT molecular complexity index is 778. The zero-order chi connectivity index (χ0) is 19.6. The van der Waals surface area contributed by atoms with Crippen molar-refractivity contribution in [2.75, 3.05) is 6.54 Å². The fraction of sp³-hybridized carbons (Fsp3) is 0.316. The lowest BCUT2D eigenvalue weighted by molar-refractivity contribution is -0.119. The average molecular weight is 369 g/mol. The molecule has 27 heavy (non-hydrogen) atoms. The minimum absolute atomic E-state index is 0.106. The zero-order valence-corrected chi connectivity index (χ0v) is 15.1. The zero-order valence-electron chi connectivity index (χ0n) is 15.1. The number of carbonyl (C=O) groups excluding carboxylic acids is 3. The predicted octanol–water partition coefficient (Wildman–Crippen LogP) is 0.833. The summed E-state index contributed by atoms with van der Waals surface area (Å²) in [4.78, 5) is 43.6. The van der Waals surface area contributed by atoms with E-state index in [-0.39, 0.29) is 12.2 Å². The normalized spacial score (nSPS) is 11.4. The van der Waals surface area contributed by atoms with Gasteiger partial charge in [-0.2, -0.15) is 0 Å². The van der Waals surface area contributed by atoms with Gasteiger partial charge in [0.05, 0.1) is 6.20 Å². The van der Waals surface area contributed by atoms with Crippen molar-refractivity contribution < 1.29 is 14.4 Å². The van der Waals surface area contributed by atoms with Crippen LogP contribution in [0.15, 0.2) is 42.9 Å². The Labute approximate surface area is 157 Å². The Hall–Kier alpha value is -3.29. The number of rotatable bonds is 9. The summed E-state index contributed by atoms with van der Waals surface area (Å²) in [6, 6.07) is 6.14. The summed E-state index contributed by atoms with van der Waals surface area (Å²) in [5.41, 5.74) is 7.01. The van der Waals surface area contributed by atoms with Crippen LogP contribution in [0.5, 0.6) is 0 Å². The van der Waals surface area contributed by atoms with Gasteiger partial charge < -0.3 is 16.4 Å². The van der Waals surface area contributed by atoms with Gasteiger partial charge in [-0.1, -0.05) is 25.5 Å². The first kappa shape index (κ1) is 20.0. The number of primary amides is 1. The van der Waals surface area contributed by atoms with Crippen molar-refractivity contribution in [3.8, 4) is 0 Å². The quantitative estimate of drug-likeness (QED) is 0.603. The molecule has 0 saturated carbocycles. The highest BCUT2D eigenvalue weighted by Crippen LogP contribution is 2.08. The van der Waals surface area contributed by atoms with Crippen LogP contribution in [0.25, 0.3) is 0 Å². The van der Waals surface area contributed by atoms with Gasteiger partial charge in [-0.3, -0.25) is 19.4 Å². The maximum Gasteiger partial charge on any atom is 0.271 e. The fourth-order valence-electron chi connectivity index (χ4n) is 2.37. The van der Waals surface area contributed by atoms with E-state index in [1.54, 1.807) is 12.1 Å². The van der Waals surface area contributed by atoms with Crippen LogP contribution >= 0.6 is 0 Å². The van der Waals surface area contributed by atoms with Crippen molar-refractivity contribution in [1.82, 2.24) is 20.6 Å². The van der Waals surface area contributed by atoms with Crippen molar-refractivity contribution in [2.24, 2.45) is 5.73 Å². The first-order valence-electron chi connectivity index (χ1n) is 8.74. The van der Waals surface area contributed by atoms with Gasteiger partial charge in [0.1, 0.15) is 11.7 Å². The second-order valence-electron chi connectivity index (χ2n) is 6.03. The number of benzene rings is 1. The van der Waals surface area contributed by atoms with E-state index in [4.69, 9.17) is 5.73 Å². The molecular formula is C19H23N5O3. The molecule has 0 radical (unpaired) electrons. The number of hydrogen-bond donors (Lipinski definition) is 3. The molecule has 3 amide bonds. The molecule has 0 spiro atoms. The van der Waals surface area contributed by atoms with E-state index in [1.165, 1.54) is 18.6 Å². The van der Waals surface area contributed by atoms with Gasteiger partial charge in [0, 0.05) is 24.5 Å². The summed E-state index contributed by atoms with van der Waals surface area (Å²) in [5.74, 6) is -1.69. The molecule has 0 aliphatic carbocycles. The molecule has 2 rings (SSSR count). The van der Waals surface area contributed by atoms with E-state index in [2.05, 4.69) is 27.5 Å². The van der Waals surface area contributed by atoms with Gasteiger partial charge >= 0.3 is 0 Å². The standard InChI is InChI=1S/C19H23N5O3/c1-2-3-4-13-5-7-14(8-6-13)18(26)24-15(17(20)25)12-23-19(27)16-11-21-9-10-22-16/h5-11,15H,2-4,12H2,1H3,(H2,20,25)(H,23,27)(H,24,26)/t15-/m0/s1. The van der Waals surface area contributed by atoms with Crippen LogP contribution < -0.4 is 16.4 Å². The molecule has 1 heterocycles. The van der Waals surface area contributed by atoms with E-state index < -0.39 is 23.8 Å². The van der Waals surface area contributed by atoms with Crippen LogP contribution in [-0.4, -0.2) is 40.3 Å². The van der Waals surface area contributed by atoms with Crippen molar-refractivity contribution in [2.45, 2.75) is 32.2 Å². The van der Waals surface area contributed by atoms with Gasteiger partial charge in [-0.05, 0) is 30.5 Å². The molecule has 1 atom stereocenters. The number of aryl methyl sites for hydroxylation is 1. The summed E-state index contributed by atoms with van der Waals surface area (Å²) in [7, 11) is 0. The highest BCUT2D eigenvalue weighted by atomic mass is 16.2. The summed E-state index contributed by atoms with van der Waals surface area (Å²) in [6.07, 6.45) is 7.26. The van der Waals surface area contributed by atoms with Gasteiger partial charge in [0.2, 0.25) is 5.91 Å². The Morgan fingerprint density at radius 1 is 1.11 bits per heavy atom. The summed E-state index contributed by atoms with van der Waals surface area (Å²) >= 11 is 0. The second-order valence-corrected chi connectivity index (χ2v) is 6.03. The molecule has 0 fully saturated rings. The van der Waals surface area contributed by atoms with E-state index in [0.29, 0.717) is 5.56 Å². The smallest absolute Gasteiger partial charge is 0.271 e. The minimum atomic E-state index is -1.04. The number of nitrogens with zero attached hydrogens (tertiary/aromatic N) is 2. The van der Waals surface area contributed by atoms with Crippen molar-refractivity contribution in [1.29, 1.82) is 0 Å². The van der Waals surface area contributed by atoms with Crippen molar-refractivity contribution in [3.05, 3.63) is 59.7 Å². The van der Waals surface area contributed by atoms with Gasteiger partial charge in [0.15, 0.2) is 0 Å². The molecule has 1 aromatic heterocycles. The fourth-order valence-corrected chi connectivity index (χ4v) is 2.37. The summed E-state index contributed by atoms with van der Waals surface area (Å²) in [5, 5.41) is 5.05. The van der Waals surface area contributed by atoms with Crippen LogP contribution in [0.4, 0.5) is 0 Å². The second kappa shape index (κ2) is 10.0. The van der Waals surface area contributed by atoms with Crippen LogP contribution in [0.2, 0.25) is 0 Å². The molecule has 2 aromatic rings. The number of carbonyl (C=O) groups is 3. The summed E-state index contributed by atoms with van der Waals surface area (Å²) in [6.45, 7) is 1.97. The van der Waals surface area contributed by atoms with Crippen LogP contribution in [0, 0.1) is 0 Å². The monoisotopic (exact) mass is 369 g/mol. The molecule has 1 aromatic carbocycles. The van der Waals surface area contributed by atoms with Gasteiger partial charge in [0.25, 0.3) is 11.8 Å². The van der Waals surface area contributed by atoms with E-state index in [1.807, 2.05) is 12.1 Å². The predicted molar refractivity (Wildman–Crippen MR) is 99.9 cm³/mol. The van der Waals surface area contributed by atoms with Crippen LogP contribution in [-0.2, 0) is 11.2 Å². The van der Waals surface area contributed by atoms with Crippen molar-refractivity contribution in [3.63, 3.8) is 0 Å². The van der Waals surface area contributed by atoms with Crippen molar-refractivity contribution >= 4 is 17.7 Å². The van der Waals surface area contributed by atoms with E-state index in [9.17, 15) is 14.4 Å².